The number of nitrogens with one attached hydrogen (secondary N) is 1. The van der Waals surface area contributed by atoms with E-state index in [2.05, 4.69) is 23.2 Å². The fourth-order valence-corrected chi connectivity index (χ4v) is 3.25. The highest BCUT2D eigenvalue weighted by atomic mass is 35.5. The van der Waals surface area contributed by atoms with Crippen LogP contribution in [0.1, 0.15) is 31.4 Å². The summed E-state index contributed by atoms with van der Waals surface area (Å²) in [5, 5.41) is 14.3. The van der Waals surface area contributed by atoms with E-state index in [1.165, 1.54) is 5.56 Å². The van der Waals surface area contributed by atoms with Gasteiger partial charge in [-0.1, -0.05) is 23.7 Å². The molecule has 0 aromatic heterocycles. The van der Waals surface area contributed by atoms with Crippen molar-refractivity contribution in [1.82, 2.24) is 10.2 Å². The summed E-state index contributed by atoms with van der Waals surface area (Å²) in [6, 6.07) is 8.85. The third kappa shape index (κ3) is 5.52. The largest absolute Gasteiger partial charge is 0.389 e. The van der Waals surface area contributed by atoms with Crippen molar-refractivity contribution in [1.29, 1.82) is 0 Å². The lowest BCUT2D eigenvalue weighted by Gasteiger charge is -2.34. The Kier molecular flexibility index (Phi) is 7.12. The van der Waals surface area contributed by atoms with Crippen LogP contribution in [0, 0.1) is 0 Å². The number of nitrogens with zero attached hydrogens (tertiary/aromatic N) is 1. The maximum absolute atomic E-state index is 9.79. The fraction of sp³-hybridized carbons (Fsp3) is 0.647. The molecule has 2 N–H and O–H groups in total. The van der Waals surface area contributed by atoms with Gasteiger partial charge in [0.1, 0.15) is 0 Å². The van der Waals surface area contributed by atoms with Gasteiger partial charge in [0.05, 0.1) is 12.7 Å². The second-order valence-electron chi connectivity index (χ2n) is 6.13. The predicted molar refractivity (Wildman–Crippen MR) is 90.3 cm³/mol. The highest BCUT2D eigenvalue weighted by molar-refractivity contribution is 6.30. The SMILES string of the molecule is COCC(O)CN1CCC(NC(C)c2cccc(Cl)c2)CC1. The van der Waals surface area contributed by atoms with Crippen molar-refractivity contribution < 1.29 is 9.84 Å². The van der Waals surface area contributed by atoms with E-state index in [-0.39, 0.29) is 6.10 Å². The first-order valence-corrected chi connectivity index (χ1v) is 8.37. The van der Waals surface area contributed by atoms with Crippen molar-refractivity contribution in [2.24, 2.45) is 0 Å². The van der Waals surface area contributed by atoms with Gasteiger partial charge < -0.3 is 20.1 Å². The van der Waals surface area contributed by atoms with Crippen molar-refractivity contribution in [2.45, 2.75) is 38.0 Å². The van der Waals surface area contributed by atoms with Crippen LogP contribution in [0.25, 0.3) is 0 Å². The first-order valence-electron chi connectivity index (χ1n) is 7.99. The van der Waals surface area contributed by atoms with Crippen LogP contribution < -0.4 is 5.32 Å². The number of β-amino-alcohol motifs (C(OH)–C–C–N with tert-alkyl or cyclic N) is 1. The Morgan fingerprint density at radius 2 is 2.14 bits per heavy atom. The van der Waals surface area contributed by atoms with Crippen LogP contribution in [0.3, 0.4) is 0 Å². The van der Waals surface area contributed by atoms with Crippen molar-refractivity contribution in [3.63, 3.8) is 0 Å². The molecule has 1 saturated heterocycles. The Bertz CT molecular complexity index is 450. The molecular weight excluding hydrogens is 300 g/mol. The quantitative estimate of drug-likeness (QED) is 0.808. The molecule has 0 radical (unpaired) electrons. The molecule has 1 aromatic carbocycles. The molecule has 1 fully saturated rings. The van der Waals surface area contributed by atoms with Crippen molar-refractivity contribution in [3.8, 4) is 0 Å². The molecule has 0 amide bonds. The summed E-state index contributed by atoms with van der Waals surface area (Å²) < 4.78 is 4.98. The van der Waals surface area contributed by atoms with Gasteiger partial charge in [0.2, 0.25) is 0 Å². The lowest BCUT2D eigenvalue weighted by molar-refractivity contribution is 0.0308. The Morgan fingerprint density at radius 3 is 2.77 bits per heavy atom. The molecule has 0 saturated carbocycles. The zero-order valence-corrected chi connectivity index (χ0v) is 14.2. The van der Waals surface area contributed by atoms with Gasteiger partial charge in [-0.05, 0) is 50.6 Å². The standard InChI is InChI=1S/C17H27ClN2O2/c1-13(14-4-3-5-15(18)10-14)19-16-6-8-20(9-7-16)11-17(21)12-22-2/h3-5,10,13,16-17,19,21H,6-9,11-12H2,1-2H3. The maximum atomic E-state index is 9.79. The van der Waals surface area contributed by atoms with Gasteiger partial charge in [0.25, 0.3) is 0 Å². The molecule has 2 atom stereocenters. The Balaban J connectivity index is 1.75. The normalized spacial score (nSPS) is 20.0. The summed E-state index contributed by atoms with van der Waals surface area (Å²) in [6.07, 6.45) is 1.81. The fourth-order valence-electron chi connectivity index (χ4n) is 3.05. The molecule has 5 heteroatoms. The lowest BCUT2D eigenvalue weighted by Crippen LogP contribution is -2.46. The maximum Gasteiger partial charge on any atom is 0.0900 e. The average Bonchev–Trinajstić information content (AvgIpc) is 2.49. The van der Waals surface area contributed by atoms with Crippen LogP contribution in [0.15, 0.2) is 24.3 Å². The van der Waals surface area contributed by atoms with E-state index in [1.807, 2.05) is 18.2 Å². The molecule has 1 heterocycles. The van der Waals surface area contributed by atoms with Crippen molar-refractivity contribution in [2.75, 3.05) is 33.4 Å². The van der Waals surface area contributed by atoms with E-state index >= 15 is 0 Å². The molecular formula is C17H27ClN2O2. The number of aliphatic hydroxyl groups is 1. The number of rotatable bonds is 7. The first kappa shape index (κ1) is 17.7. The number of piperidine rings is 1. The molecule has 2 rings (SSSR count). The first-order chi connectivity index (χ1) is 10.6. The topological polar surface area (TPSA) is 44.7 Å². The molecule has 0 bridgehead atoms. The third-order valence-electron chi connectivity index (χ3n) is 4.25. The number of likely N-dealkylation sites (tertiary alicyclic amines) is 1. The molecule has 1 aromatic rings. The van der Waals surface area contributed by atoms with Crippen LogP contribution in [-0.4, -0.2) is 55.5 Å². The highest BCUT2D eigenvalue weighted by Gasteiger charge is 2.22. The van der Waals surface area contributed by atoms with Gasteiger partial charge in [0.15, 0.2) is 0 Å². The van der Waals surface area contributed by atoms with Gasteiger partial charge >= 0.3 is 0 Å². The van der Waals surface area contributed by atoms with Gasteiger partial charge in [-0.3, -0.25) is 0 Å². The summed E-state index contributed by atoms with van der Waals surface area (Å²) in [5.74, 6) is 0. The van der Waals surface area contributed by atoms with Crippen LogP contribution >= 0.6 is 11.6 Å². The van der Waals surface area contributed by atoms with Crippen molar-refractivity contribution in [3.05, 3.63) is 34.9 Å². The molecule has 0 spiro atoms. The van der Waals surface area contributed by atoms with E-state index in [0.717, 1.165) is 31.0 Å². The molecule has 4 nitrogen and oxygen atoms in total. The molecule has 1 aliphatic rings. The van der Waals surface area contributed by atoms with Crippen LogP contribution in [0.4, 0.5) is 0 Å². The number of aliphatic hydroxyl groups excluding tert-OH is 1. The van der Waals surface area contributed by atoms with Gasteiger partial charge in [-0.15, -0.1) is 0 Å². The summed E-state index contributed by atoms with van der Waals surface area (Å²) >= 11 is 6.06. The molecule has 22 heavy (non-hydrogen) atoms. The Hall–Kier alpha value is -0.650. The van der Waals surface area contributed by atoms with Crippen LogP contribution in [0.5, 0.6) is 0 Å². The lowest BCUT2D eigenvalue weighted by atomic mass is 10.0. The van der Waals surface area contributed by atoms with Gasteiger partial charge in [0, 0.05) is 30.8 Å². The number of ether oxygens (including phenoxy) is 1. The number of halogens is 1. The highest BCUT2D eigenvalue weighted by Crippen LogP contribution is 2.20. The smallest absolute Gasteiger partial charge is 0.0900 e. The molecule has 0 aliphatic carbocycles. The summed E-state index contributed by atoms with van der Waals surface area (Å²) in [6.45, 7) is 5.32. The molecule has 2 unspecified atom stereocenters. The number of hydrogen-bond donors (Lipinski definition) is 2. The van der Waals surface area contributed by atoms with E-state index in [9.17, 15) is 5.11 Å². The minimum atomic E-state index is -0.389. The minimum absolute atomic E-state index is 0.300. The van der Waals surface area contributed by atoms with Crippen molar-refractivity contribution >= 4 is 11.6 Å². The van der Waals surface area contributed by atoms with Gasteiger partial charge in [-0.25, -0.2) is 0 Å². The molecule has 124 valence electrons. The Morgan fingerprint density at radius 1 is 1.41 bits per heavy atom. The zero-order chi connectivity index (χ0) is 15.9. The van der Waals surface area contributed by atoms with E-state index in [1.54, 1.807) is 7.11 Å². The van der Waals surface area contributed by atoms with E-state index < -0.39 is 0 Å². The number of benzene rings is 1. The second kappa shape index (κ2) is 8.85. The monoisotopic (exact) mass is 326 g/mol. The summed E-state index contributed by atoms with van der Waals surface area (Å²) in [4.78, 5) is 2.31. The summed E-state index contributed by atoms with van der Waals surface area (Å²) in [5.41, 5.74) is 1.23. The van der Waals surface area contributed by atoms with E-state index in [0.29, 0.717) is 25.2 Å². The van der Waals surface area contributed by atoms with Crippen LogP contribution in [0.2, 0.25) is 5.02 Å². The molecule has 1 aliphatic heterocycles. The van der Waals surface area contributed by atoms with E-state index in [4.69, 9.17) is 16.3 Å². The average molecular weight is 327 g/mol. The predicted octanol–water partition coefficient (Wildman–Crippen LogP) is 2.46. The Labute approximate surface area is 138 Å². The third-order valence-corrected chi connectivity index (χ3v) is 4.49. The minimum Gasteiger partial charge on any atom is -0.389 e. The zero-order valence-electron chi connectivity index (χ0n) is 13.5. The van der Waals surface area contributed by atoms with Crippen LogP contribution in [-0.2, 0) is 4.74 Å². The van der Waals surface area contributed by atoms with Gasteiger partial charge in [-0.2, -0.15) is 0 Å². The number of hydrogen-bond acceptors (Lipinski definition) is 4. The second-order valence-corrected chi connectivity index (χ2v) is 6.56. The number of methoxy groups -OCH3 is 1. The summed E-state index contributed by atoms with van der Waals surface area (Å²) in [7, 11) is 1.62.